The summed E-state index contributed by atoms with van der Waals surface area (Å²) in [5.41, 5.74) is 0. The SMILES string of the molecule is [CH2][C@H](O)[C@@H](O)[C@H](O)[C@H](O)CO. The van der Waals surface area contributed by atoms with Crippen molar-refractivity contribution in [3.8, 4) is 0 Å². The molecule has 0 fully saturated rings. The second-order valence-corrected chi connectivity index (χ2v) is 2.30. The van der Waals surface area contributed by atoms with Crippen LogP contribution in [0.1, 0.15) is 0 Å². The van der Waals surface area contributed by atoms with Gasteiger partial charge in [0.25, 0.3) is 0 Å². The lowest BCUT2D eigenvalue weighted by molar-refractivity contribution is -0.105. The molecule has 67 valence electrons. The van der Waals surface area contributed by atoms with E-state index in [-0.39, 0.29) is 0 Å². The van der Waals surface area contributed by atoms with Crippen molar-refractivity contribution in [3.05, 3.63) is 6.92 Å². The number of hydrogen-bond acceptors (Lipinski definition) is 5. The van der Waals surface area contributed by atoms with Gasteiger partial charge in [-0.1, -0.05) is 0 Å². The quantitative estimate of drug-likeness (QED) is 0.311. The largest absolute Gasteiger partial charge is 0.394 e. The summed E-state index contributed by atoms with van der Waals surface area (Å²) < 4.78 is 0. The zero-order valence-corrected chi connectivity index (χ0v) is 5.96. The Morgan fingerprint density at radius 2 is 1.45 bits per heavy atom. The standard InChI is InChI=1S/C6H13O5/c1-3(8)5(10)6(11)4(9)2-7/h3-11H,1-2H2/t3-,4+,5+,6+/m0/s1. The summed E-state index contributed by atoms with van der Waals surface area (Å²) in [6.07, 6.45) is -5.96. The number of aliphatic hydroxyl groups is 5. The molecule has 5 nitrogen and oxygen atoms in total. The van der Waals surface area contributed by atoms with Gasteiger partial charge in [0.2, 0.25) is 0 Å². The molecule has 5 N–H and O–H groups in total. The third-order valence-electron chi connectivity index (χ3n) is 1.33. The Kier molecular flexibility index (Phi) is 4.55. The molecule has 0 saturated carbocycles. The smallest absolute Gasteiger partial charge is 0.110 e. The van der Waals surface area contributed by atoms with Crippen LogP contribution in [-0.2, 0) is 0 Å². The Hall–Kier alpha value is -0.200. The summed E-state index contributed by atoms with van der Waals surface area (Å²) in [5, 5.41) is 43.4. The first kappa shape index (κ1) is 10.8. The first-order chi connectivity index (χ1) is 5.00. The lowest BCUT2D eigenvalue weighted by atomic mass is 10.1. The van der Waals surface area contributed by atoms with Gasteiger partial charge in [0.1, 0.15) is 18.3 Å². The molecule has 0 saturated heterocycles. The maximum atomic E-state index is 8.90. The van der Waals surface area contributed by atoms with Crippen LogP contribution in [0, 0.1) is 6.92 Å². The highest BCUT2D eigenvalue weighted by molar-refractivity contribution is 4.81. The van der Waals surface area contributed by atoms with Crippen molar-refractivity contribution >= 4 is 0 Å². The topological polar surface area (TPSA) is 101 Å². The molecule has 0 aromatic rings. The average Bonchev–Trinajstić information content (AvgIpc) is 2.00. The Morgan fingerprint density at radius 3 is 1.73 bits per heavy atom. The van der Waals surface area contributed by atoms with Crippen molar-refractivity contribution in [2.24, 2.45) is 0 Å². The van der Waals surface area contributed by atoms with Crippen molar-refractivity contribution in [3.63, 3.8) is 0 Å². The van der Waals surface area contributed by atoms with E-state index in [1.807, 2.05) is 0 Å². The van der Waals surface area contributed by atoms with E-state index in [0.29, 0.717) is 0 Å². The fourth-order valence-electron chi connectivity index (χ4n) is 0.563. The maximum Gasteiger partial charge on any atom is 0.110 e. The van der Waals surface area contributed by atoms with Gasteiger partial charge in [-0.2, -0.15) is 0 Å². The van der Waals surface area contributed by atoms with Gasteiger partial charge in [-0.3, -0.25) is 0 Å². The van der Waals surface area contributed by atoms with Crippen LogP contribution in [0.4, 0.5) is 0 Å². The summed E-state index contributed by atoms with van der Waals surface area (Å²) >= 11 is 0. The predicted molar refractivity (Wildman–Crippen MR) is 36.5 cm³/mol. The molecule has 0 aromatic heterocycles. The fourth-order valence-corrected chi connectivity index (χ4v) is 0.563. The van der Waals surface area contributed by atoms with Crippen molar-refractivity contribution in [1.29, 1.82) is 0 Å². The molecule has 5 heteroatoms. The highest BCUT2D eigenvalue weighted by atomic mass is 16.4. The minimum absolute atomic E-state index is 0.676. The van der Waals surface area contributed by atoms with Crippen LogP contribution in [0.15, 0.2) is 0 Å². The van der Waals surface area contributed by atoms with E-state index in [1.165, 1.54) is 0 Å². The van der Waals surface area contributed by atoms with Crippen LogP contribution in [0.2, 0.25) is 0 Å². The van der Waals surface area contributed by atoms with E-state index >= 15 is 0 Å². The fraction of sp³-hybridized carbons (Fsp3) is 0.833. The van der Waals surface area contributed by atoms with E-state index in [2.05, 4.69) is 6.92 Å². The van der Waals surface area contributed by atoms with Crippen LogP contribution in [0.3, 0.4) is 0 Å². The lowest BCUT2D eigenvalue weighted by Crippen LogP contribution is -2.44. The van der Waals surface area contributed by atoms with Gasteiger partial charge in [0.05, 0.1) is 12.7 Å². The number of aliphatic hydroxyl groups excluding tert-OH is 5. The highest BCUT2D eigenvalue weighted by Crippen LogP contribution is 2.03. The van der Waals surface area contributed by atoms with Crippen LogP contribution in [0.5, 0.6) is 0 Å². The molecule has 0 heterocycles. The van der Waals surface area contributed by atoms with E-state index in [1.54, 1.807) is 0 Å². The second kappa shape index (κ2) is 4.63. The number of rotatable bonds is 4. The zero-order valence-electron chi connectivity index (χ0n) is 5.96. The molecule has 0 spiro atoms. The average molecular weight is 165 g/mol. The van der Waals surface area contributed by atoms with Crippen LogP contribution in [-0.4, -0.2) is 56.6 Å². The molecular formula is C6H13O5. The van der Waals surface area contributed by atoms with Gasteiger partial charge in [-0.15, -0.1) is 0 Å². The summed E-state index contributed by atoms with van der Waals surface area (Å²) in [6, 6.07) is 0. The van der Waals surface area contributed by atoms with Crippen LogP contribution >= 0.6 is 0 Å². The summed E-state index contributed by atoms with van der Waals surface area (Å²) in [6.45, 7) is 2.35. The zero-order chi connectivity index (χ0) is 9.02. The molecule has 0 aromatic carbocycles. The van der Waals surface area contributed by atoms with Gasteiger partial charge in [0, 0.05) is 0 Å². The normalized spacial score (nSPS) is 22.4. The van der Waals surface area contributed by atoms with E-state index in [4.69, 9.17) is 25.5 Å². The van der Waals surface area contributed by atoms with Crippen molar-refractivity contribution in [2.75, 3.05) is 6.61 Å². The summed E-state index contributed by atoms with van der Waals surface area (Å²) in [7, 11) is 0. The van der Waals surface area contributed by atoms with Gasteiger partial charge in [-0.25, -0.2) is 0 Å². The van der Waals surface area contributed by atoms with Gasteiger partial charge >= 0.3 is 0 Å². The Labute approximate surface area is 64.5 Å². The number of hydrogen-bond donors (Lipinski definition) is 5. The Bertz CT molecular complexity index is 105. The monoisotopic (exact) mass is 165 g/mol. The Morgan fingerprint density at radius 1 is 1.00 bits per heavy atom. The van der Waals surface area contributed by atoms with Gasteiger partial charge in [-0.05, 0) is 6.92 Å². The molecule has 1 radical (unpaired) electrons. The van der Waals surface area contributed by atoms with Gasteiger partial charge < -0.3 is 25.5 Å². The minimum Gasteiger partial charge on any atom is -0.394 e. The molecule has 0 bridgehead atoms. The molecular weight excluding hydrogens is 152 g/mol. The third kappa shape index (κ3) is 3.13. The molecule has 4 atom stereocenters. The van der Waals surface area contributed by atoms with Crippen LogP contribution in [0.25, 0.3) is 0 Å². The molecule has 0 aliphatic rings. The van der Waals surface area contributed by atoms with Crippen molar-refractivity contribution in [2.45, 2.75) is 24.4 Å². The maximum absolute atomic E-state index is 8.90. The van der Waals surface area contributed by atoms with E-state index in [0.717, 1.165) is 0 Å². The third-order valence-corrected chi connectivity index (χ3v) is 1.33. The highest BCUT2D eigenvalue weighted by Gasteiger charge is 2.27. The van der Waals surface area contributed by atoms with Crippen molar-refractivity contribution < 1.29 is 25.5 Å². The van der Waals surface area contributed by atoms with Crippen LogP contribution < -0.4 is 0 Å². The molecule has 11 heavy (non-hydrogen) atoms. The molecule has 0 rings (SSSR count). The van der Waals surface area contributed by atoms with Crippen molar-refractivity contribution in [1.82, 2.24) is 0 Å². The van der Waals surface area contributed by atoms with E-state index < -0.39 is 31.0 Å². The summed E-state index contributed by atoms with van der Waals surface area (Å²) in [5.74, 6) is 0. The van der Waals surface area contributed by atoms with E-state index in [9.17, 15) is 0 Å². The second-order valence-electron chi connectivity index (χ2n) is 2.30. The summed E-state index contributed by atoms with van der Waals surface area (Å²) in [4.78, 5) is 0. The molecule has 0 aliphatic carbocycles. The molecule has 0 amide bonds. The molecule has 0 unspecified atom stereocenters. The minimum atomic E-state index is -1.58. The Balaban J connectivity index is 3.90. The lowest BCUT2D eigenvalue weighted by Gasteiger charge is -2.23. The first-order valence-corrected chi connectivity index (χ1v) is 3.17. The van der Waals surface area contributed by atoms with Gasteiger partial charge in [0.15, 0.2) is 0 Å². The predicted octanol–water partition coefficient (Wildman–Crippen LogP) is -2.74. The first-order valence-electron chi connectivity index (χ1n) is 3.17. The molecule has 0 aliphatic heterocycles.